The summed E-state index contributed by atoms with van der Waals surface area (Å²) in [5.74, 6) is -0.0382. The van der Waals surface area contributed by atoms with Crippen molar-refractivity contribution in [2.24, 2.45) is 6.98 Å². The molecule has 2 N–H and O–H groups in total. The highest BCUT2D eigenvalue weighted by atomic mass is 15.1. The number of hydrogen-bond donors (Lipinski definition) is 1. The molecule has 0 aliphatic carbocycles. The average molecular weight is 230 g/mol. The molecule has 3 rings (SSSR count). The SMILES string of the molecule is [2H]C([2H])([2H])n1c(N)nc2cc3nc(C)c(C)nc3cc21. The largest absolute Gasteiger partial charge is 0.369 e. The van der Waals surface area contributed by atoms with E-state index in [2.05, 4.69) is 15.0 Å². The Labute approximate surface area is 103 Å². The maximum Gasteiger partial charge on any atom is 0.200 e. The van der Waals surface area contributed by atoms with Crippen LogP contribution in [0.3, 0.4) is 0 Å². The summed E-state index contributed by atoms with van der Waals surface area (Å²) in [4.78, 5) is 13.0. The molecule has 0 amide bonds. The molecule has 0 saturated carbocycles. The molecule has 0 bridgehead atoms. The van der Waals surface area contributed by atoms with Crippen molar-refractivity contribution in [1.29, 1.82) is 0 Å². The van der Waals surface area contributed by atoms with Crippen molar-refractivity contribution in [1.82, 2.24) is 19.5 Å². The Kier molecular flexibility index (Phi) is 1.34. The molecule has 0 fully saturated rings. The molecule has 3 aromatic rings. The molecule has 5 heteroatoms. The molecule has 86 valence electrons. The minimum Gasteiger partial charge on any atom is -0.369 e. The van der Waals surface area contributed by atoms with Crippen LogP contribution in [0.25, 0.3) is 22.1 Å². The fraction of sp³-hybridized carbons (Fsp3) is 0.250. The van der Waals surface area contributed by atoms with Crippen LogP contribution in [0.1, 0.15) is 15.5 Å². The van der Waals surface area contributed by atoms with E-state index in [1.165, 1.54) is 0 Å². The van der Waals surface area contributed by atoms with Crippen LogP contribution in [0, 0.1) is 13.8 Å². The van der Waals surface area contributed by atoms with Gasteiger partial charge in [0.05, 0.1) is 33.5 Å². The third-order valence-electron chi connectivity index (χ3n) is 2.88. The summed E-state index contributed by atoms with van der Waals surface area (Å²) < 4.78 is 23.7. The van der Waals surface area contributed by atoms with Gasteiger partial charge >= 0.3 is 0 Å². The lowest BCUT2D eigenvalue weighted by atomic mass is 10.2. The number of nitrogen functional groups attached to an aromatic ring is 1. The second kappa shape index (κ2) is 3.16. The number of aromatic nitrogens is 4. The van der Waals surface area contributed by atoms with E-state index in [0.717, 1.165) is 16.0 Å². The van der Waals surface area contributed by atoms with Crippen molar-refractivity contribution in [2.45, 2.75) is 13.8 Å². The van der Waals surface area contributed by atoms with E-state index in [-0.39, 0.29) is 5.95 Å². The van der Waals surface area contributed by atoms with Gasteiger partial charge in [-0.3, -0.25) is 0 Å². The second-order valence-corrected chi connectivity index (χ2v) is 4.03. The van der Waals surface area contributed by atoms with Gasteiger partial charge in [-0.15, -0.1) is 0 Å². The number of nitrogens with zero attached hydrogens (tertiary/aromatic N) is 4. The minimum atomic E-state index is -2.38. The highest BCUT2D eigenvalue weighted by molar-refractivity contribution is 5.92. The Morgan fingerprint density at radius 3 is 2.35 bits per heavy atom. The van der Waals surface area contributed by atoms with Crippen LogP contribution < -0.4 is 5.73 Å². The molecule has 2 aromatic heterocycles. The van der Waals surface area contributed by atoms with E-state index in [4.69, 9.17) is 9.85 Å². The van der Waals surface area contributed by atoms with E-state index in [0.29, 0.717) is 22.1 Å². The first-order valence-corrected chi connectivity index (χ1v) is 5.21. The zero-order valence-corrected chi connectivity index (χ0v) is 9.52. The molecule has 5 nitrogen and oxygen atoms in total. The van der Waals surface area contributed by atoms with Gasteiger partial charge in [-0.05, 0) is 26.0 Å². The van der Waals surface area contributed by atoms with Gasteiger partial charge in [0.1, 0.15) is 0 Å². The summed E-state index contributed by atoms with van der Waals surface area (Å²) in [5.41, 5.74) is 9.60. The zero-order chi connectivity index (χ0) is 14.7. The monoisotopic (exact) mass is 230 g/mol. The standard InChI is InChI=1S/C12H13N5/c1-6-7(2)15-9-5-11-10(4-8(9)14-6)16-12(13)17(11)3/h4-5H,1-3H3,(H2,13,16)/i3D3. The Morgan fingerprint density at radius 1 is 1.06 bits per heavy atom. The van der Waals surface area contributed by atoms with Crippen molar-refractivity contribution in [3.63, 3.8) is 0 Å². The number of rotatable bonds is 0. The number of imidazole rings is 1. The zero-order valence-electron chi connectivity index (χ0n) is 12.5. The van der Waals surface area contributed by atoms with Crippen LogP contribution >= 0.6 is 0 Å². The Hall–Kier alpha value is -2.17. The van der Waals surface area contributed by atoms with E-state index in [1.807, 2.05) is 13.8 Å². The lowest BCUT2D eigenvalue weighted by Gasteiger charge is -2.03. The van der Waals surface area contributed by atoms with Crippen LogP contribution in [-0.4, -0.2) is 19.5 Å². The summed E-state index contributed by atoms with van der Waals surface area (Å²) in [6.07, 6.45) is 0. The van der Waals surface area contributed by atoms with Crippen LogP contribution in [0.5, 0.6) is 0 Å². The lowest BCUT2D eigenvalue weighted by Crippen LogP contribution is -1.96. The van der Waals surface area contributed by atoms with Crippen molar-refractivity contribution >= 4 is 28.0 Å². The molecule has 0 radical (unpaired) electrons. The van der Waals surface area contributed by atoms with Crippen molar-refractivity contribution in [3.05, 3.63) is 23.5 Å². The van der Waals surface area contributed by atoms with Crippen molar-refractivity contribution in [2.75, 3.05) is 5.73 Å². The van der Waals surface area contributed by atoms with Crippen LogP contribution in [0.15, 0.2) is 12.1 Å². The lowest BCUT2D eigenvalue weighted by molar-refractivity contribution is 0.965. The van der Waals surface area contributed by atoms with Crippen LogP contribution in [0.4, 0.5) is 5.95 Å². The summed E-state index contributed by atoms with van der Waals surface area (Å²) in [7, 11) is 0. The van der Waals surface area contributed by atoms with Crippen LogP contribution in [0.2, 0.25) is 0 Å². The maximum atomic E-state index is 7.54. The van der Waals surface area contributed by atoms with E-state index < -0.39 is 6.98 Å². The van der Waals surface area contributed by atoms with Gasteiger partial charge < -0.3 is 10.3 Å². The molecule has 0 aliphatic heterocycles. The normalized spacial score (nSPS) is 14.8. The fourth-order valence-electron chi connectivity index (χ4n) is 1.82. The second-order valence-electron chi connectivity index (χ2n) is 4.03. The summed E-state index contributed by atoms with van der Waals surface area (Å²) in [6, 6.07) is 3.38. The van der Waals surface area contributed by atoms with Gasteiger partial charge in [-0.2, -0.15) is 0 Å². The number of anilines is 1. The quantitative estimate of drug-likeness (QED) is 0.638. The number of fused-ring (bicyclic) bond motifs is 2. The smallest absolute Gasteiger partial charge is 0.200 e. The molecule has 0 unspecified atom stereocenters. The van der Waals surface area contributed by atoms with E-state index >= 15 is 0 Å². The minimum absolute atomic E-state index is 0.0382. The molecule has 1 aromatic carbocycles. The molecule has 0 spiro atoms. The maximum absolute atomic E-state index is 7.54. The van der Waals surface area contributed by atoms with Gasteiger partial charge in [-0.25, -0.2) is 15.0 Å². The van der Waals surface area contributed by atoms with Gasteiger partial charge in [0, 0.05) is 11.1 Å². The predicted octanol–water partition coefficient (Wildman–Crippen LogP) is 1.72. The van der Waals surface area contributed by atoms with Crippen molar-refractivity contribution in [3.8, 4) is 0 Å². The molecular weight excluding hydrogens is 214 g/mol. The number of benzene rings is 1. The highest BCUT2D eigenvalue weighted by Gasteiger charge is 2.08. The molecule has 0 atom stereocenters. The first-order valence-electron chi connectivity index (χ1n) is 6.71. The molecule has 2 heterocycles. The first-order chi connectivity index (χ1) is 9.27. The third-order valence-corrected chi connectivity index (χ3v) is 2.88. The fourth-order valence-corrected chi connectivity index (χ4v) is 1.82. The predicted molar refractivity (Wildman–Crippen MR) is 67.7 cm³/mol. The molecule has 17 heavy (non-hydrogen) atoms. The summed E-state index contributed by atoms with van der Waals surface area (Å²) >= 11 is 0. The average Bonchev–Trinajstić information content (AvgIpc) is 2.62. The Balaban J connectivity index is 2.43. The van der Waals surface area contributed by atoms with Crippen LogP contribution in [-0.2, 0) is 6.98 Å². The summed E-state index contributed by atoms with van der Waals surface area (Å²) in [6.45, 7) is 1.36. The Morgan fingerprint density at radius 2 is 1.71 bits per heavy atom. The van der Waals surface area contributed by atoms with E-state index in [9.17, 15) is 0 Å². The highest BCUT2D eigenvalue weighted by Crippen LogP contribution is 2.22. The number of hydrogen-bond acceptors (Lipinski definition) is 4. The third kappa shape index (κ3) is 1.35. The van der Waals surface area contributed by atoms with Gasteiger partial charge in [0.15, 0.2) is 0 Å². The molecular formula is C12H13N5. The van der Waals surface area contributed by atoms with Gasteiger partial charge in [0.25, 0.3) is 0 Å². The number of aryl methyl sites for hydroxylation is 3. The van der Waals surface area contributed by atoms with Gasteiger partial charge in [-0.1, -0.05) is 0 Å². The molecule has 0 saturated heterocycles. The van der Waals surface area contributed by atoms with Crippen molar-refractivity contribution < 1.29 is 4.11 Å². The van der Waals surface area contributed by atoms with E-state index in [1.54, 1.807) is 12.1 Å². The molecule has 0 aliphatic rings. The summed E-state index contributed by atoms with van der Waals surface area (Å²) in [5, 5.41) is 0. The Bertz CT molecular complexity index is 835. The topological polar surface area (TPSA) is 69.6 Å². The number of nitrogens with two attached hydrogens (primary N) is 1. The first kappa shape index (κ1) is 7.21. The van der Waals surface area contributed by atoms with Gasteiger partial charge in [0.2, 0.25) is 5.95 Å².